The Labute approximate surface area is 165 Å². The number of rotatable bonds is 6. The summed E-state index contributed by atoms with van der Waals surface area (Å²) in [7, 11) is 1.96. The number of nitrogens with zero attached hydrogens (tertiary/aromatic N) is 1. The zero-order chi connectivity index (χ0) is 21.2. The highest BCUT2D eigenvalue weighted by Crippen LogP contribution is 2.30. The summed E-state index contributed by atoms with van der Waals surface area (Å²) in [4.78, 5) is 21.3. The molecule has 0 aliphatic heterocycles. The van der Waals surface area contributed by atoms with Gasteiger partial charge in [0.2, 0.25) is 5.43 Å². The van der Waals surface area contributed by atoms with Crippen LogP contribution < -0.4 is 21.8 Å². The lowest BCUT2D eigenvalue weighted by Gasteiger charge is -2.25. The van der Waals surface area contributed by atoms with Crippen molar-refractivity contribution in [2.24, 2.45) is 10.9 Å². The highest BCUT2D eigenvalue weighted by Gasteiger charge is 2.27. The highest BCUT2D eigenvalue weighted by molar-refractivity contribution is 7.71. The third-order valence-corrected chi connectivity index (χ3v) is 3.05. The molecule has 0 spiro atoms. The van der Waals surface area contributed by atoms with Crippen LogP contribution in [0.4, 0.5) is 5.69 Å². The lowest BCUT2D eigenvalue weighted by atomic mass is 9.83. The SMILES string of the molecule is CC(C)(C)c1c(NCCN=O)c(=O)c1=S.CCC.CCCNC.CCN. The quantitative estimate of drug-likeness (QED) is 0.385. The first-order valence-corrected chi connectivity index (χ1v) is 9.76. The second kappa shape index (κ2) is 18.6. The van der Waals surface area contributed by atoms with E-state index in [0.717, 1.165) is 18.7 Å². The first-order valence-electron chi connectivity index (χ1n) is 9.35. The molecule has 154 valence electrons. The van der Waals surface area contributed by atoms with Gasteiger partial charge in [-0.25, -0.2) is 0 Å². The fraction of sp³-hybridized carbons (Fsp3) is 0.789. The minimum atomic E-state index is -0.137. The number of hydrogen-bond donors (Lipinski definition) is 3. The Bertz CT molecular complexity index is 514. The van der Waals surface area contributed by atoms with Gasteiger partial charge in [0.15, 0.2) is 0 Å². The molecule has 0 aromatic heterocycles. The van der Waals surface area contributed by atoms with Crippen LogP contribution in [0.2, 0.25) is 0 Å². The van der Waals surface area contributed by atoms with Crippen molar-refractivity contribution >= 4 is 17.9 Å². The van der Waals surface area contributed by atoms with Gasteiger partial charge in [0.05, 0.1) is 16.7 Å². The minimum Gasteiger partial charge on any atom is -0.380 e. The first kappa shape index (κ1) is 29.6. The molecule has 6 nitrogen and oxygen atoms in total. The molecule has 26 heavy (non-hydrogen) atoms. The average Bonchev–Trinajstić information content (AvgIpc) is 2.55. The molecule has 0 bridgehead atoms. The van der Waals surface area contributed by atoms with Crippen molar-refractivity contribution in [3.05, 3.63) is 25.2 Å². The lowest BCUT2D eigenvalue weighted by molar-refractivity contribution is 0.584. The molecule has 0 saturated carbocycles. The molecule has 0 fully saturated rings. The molecule has 0 unspecified atom stereocenters. The normalized spacial score (nSPS) is 9.73. The van der Waals surface area contributed by atoms with Gasteiger partial charge >= 0.3 is 0 Å². The summed E-state index contributed by atoms with van der Waals surface area (Å²) in [6.45, 7) is 16.7. The van der Waals surface area contributed by atoms with Gasteiger partial charge in [-0.05, 0) is 32.0 Å². The van der Waals surface area contributed by atoms with Gasteiger partial charge in [0.25, 0.3) is 0 Å². The summed E-state index contributed by atoms with van der Waals surface area (Å²) in [5, 5.41) is 8.64. The van der Waals surface area contributed by atoms with E-state index in [2.05, 4.69) is 36.6 Å². The summed E-state index contributed by atoms with van der Waals surface area (Å²) in [6, 6.07) is 0. The summed E-state index contributed by atoms with van der Waals surface area (Å²) in [5.41, 5.74) is 6.02. The summed E-state index contributed by atoms with van der Waals surface area (Å²) in [6.07, 6.45) is 2.48. The van der Waals surface area contributed by atoms with Gasteiger partial charge in [0.1, 0.15) is 0 Å². The molecule has 0 radical (unpaired) electrons. The third kappa shape index (κ3) is 14.0. The van der Waals surface area contributed by atoms with E-state index in [1.54, 1.807) is 0 Å². The predicted molar refractivity (Wildman–Crippen MR) is 119 cm³/mol. The Morgan fingerprint density at radius 3 is 1.85 bits per heavy atom. The van der Waals surface area contributed by atoms with E-state index < -0.39 is 0 Å². The average molecular weight is 389 g/mol. The van der Waals surface area contributed by atoms with E-state index in [0.29, 0.717) is 16.7 Å². The molecule has 0 saturated heterocycles. The van der Waals surface area contributed by atoms with E-state index in [1.807, 2.05) is 34.7 Å². The molecule has 1 aromatic carbocycles. The fourth-order valence-electron chi connectivity index (χ4n) is 1.75. The zero-order valence-electron chi connectivity index (χ0n) is 18.0. The standard InChI is InChI=1S/C10H14N2O2S.C4H11N.C3H8.C2H7N/c1-10(2,3)6-7(8(13)9(6)15)11-4-5-12-14;1-3-4-5-2;1-3-2;1-2-3/h11H,4-5H2,1-3H3;5H,3-4H2,1-2H3;3H2,1-2H3;2-3H2,1H3. The van der Waals surface area contributed by atoms with Gasteiger partial charge in [-0.2, -0.15) is 4.91 Å². The summed E-state index contributed by atoms with van der Waals surface area (Å²) >= 11 is 5.00. The summed E-state index contributed by atoms with van der Waals surface area (Å²) in [5.74, 6) is 0. The molecule has 0 heterocycles. The molecule has 0 aliphatic carbocycles. The van der Waals surface area contributed by atoms with Gasteiger partial charge in [-0.15, -0.1) is 0 Å². The highest BCUT2D eigenvalue weighted by atomic mass is 32.1. The second-order valence-corrected chi connectivity index (χ2v) is 7.06. The fourth-order valence-corrected chi connectivity index (χ4v) is 2.26. The minimum absolute atomic E-state index is 0.124. The van der Waals surface area contributed by atoms with E-state index in [-0.39, 0.29) is 17.4 Å². The molecular weight excluding hydrogens is 348 g/mol. The van der Waals surface area contributed by atoms with Crippen molar-refractivity contribution in [1.82, 2.24) is 5.32 Å². The number of anilines is 1. The lowest BCUT2D eigenvalue weighted by Crippen LogP contribution is -2.29. The van der Waals surface area contributed by atoms with Crippen molar-refractivity contribution < 1.29 is 0 Å². The molecule has 4 N–H and O–H groups in total. The zero-order valence-corrected chi connectivity index (χ0v) is 18.8. The van der Waals surface area contributed by atoms with E-state index >= 15 is 0 Å². The van der Waals surface area contributed by atoms with Gasteiger partial charge < -0.3 is 16.4 Å². The van der Waals surface area contributed by atoms with Crippen molar-refractivity contribution in [2.45, 2.75) is 66.7 Å². The van der Waals surface area contributed by atoms with Crippen LogP contribution in [-0.4, -0.2) is 33.2 Å². The van der Waals surface area contributed by atoms with Crippen LogP contribution >= 0.6 is 12.2 Å². The molecule has 0 atom stereocenters. The maximum atomic E-state index is 11.4. The Morgan fingerprint density at radius 1 is 1.12 bits per heavy atom. The Kier molecular flexibility index (Phi) is 21.2. The largest absolute Gasteiger partial charge is 0.380 e. The van der Waals surface area contributed by atoms with Crippen molar-refractivity contribution in [1.29, 1.82) is 0 Å². The number of nitrogens with one attached hydrogen (secondary N) is 2. The number of hydrogen-bond acceptors (Lipinski definition) is 7. The Balaban J connectivity index is -0.000000397. The van der Waals surface area contributed by atoms with Crippen LogP contribution in [0.5, 0.6) is 0 Å². The van der Waals surface area contributed by atoms with E-state index in [1.165, 1.54) is 12.8 Å². The molecular formula is C19H40N4O2S. The Morgan fingerprint density at radius 2 is 1.58 bits per heavy atom. The molecule has 0 aliphatic rings. The van der Waals surface area contributed by atoms with Gasteiger partial charge in [-0.3, -0.25) is 4.79 Å². The first-order chi connectivity index (χ1) is 12.1. The molecule has 0 amide bonds. The van der Waals surface area contributed by atoms with E-state index in [4.69, 9.17) is 18.0 Å². The summed E-state index contributed by atoms with van der Waals surface area (Å²) < 4.78 is 0.407. The van der Waals surface area contributed by atoms with Crippen molar-refractivity contribution in [2.75, 3.05) is 38.5 Å². The van der Waals surface area contributed by atoms with Crippen LogP contribution in [0.3, 0.4) is 0 Å². The van der Waals surface area contributed by atoms with Crippen LogP contribution in [-0.2, 0) is 5.41 Å². The van der Waals surface area contributed by atoms with E-state index in [9.17, 15) is 9.70 Å². The maximum Gasteiger partial charge on any atom is 0.220 e. The smallest absolute Gasteiger partial charge is 0.220 e. The van der Waals surface area contributed by atoms with Crippen LogP contribution in [0.15, 0.2) is 9.97 Å². The third-order valence-electron chi connectivity index (χ3n) is 2.67. The van der Waals surface area contributed by atoms with Crippen molar-refractivity contribution in [3.63, 3.8) is 0 Å². The molecule has 1 rings (SSSR count). The van der Waals surface area contributed by atoms with Crippen LogP contribution in [0.1, 0.15) is 66.9 Å². The van der Waals surface area contributed by atoms with Gasteiger partial charge in [-0.1, -0.05) is 72.3 Å². The van der Waals surface area contributed by atoms with Crippen molar-refractivity contribution in [3.8, 4) is 0 Å². The molecule has 7 heteroatoms. The van der Waals surface area contributed by atoms with Crippen LogP contribution in [0.25, 0.3) is 0 Å². The van der Waals surface area contributed by atoms with Crippen LogP contribution in [0, 0.1) is 9.42 Å². The maximum absolute atomic E-state index is 11.4. The number of nitrogens with two attached hydrogens (primary N) is 1. The topological polar surface area (TPSA) is 96.6 Å². The van der Waals surface area contributed by atoms with Gasteiger partial charge in [0, 0.05) is 12.1 Å². The monoisotopic (exact) mass is 388 g/mol. The Hall–Kier alpha value is -1.18. The molecule has 1 aromatic rings. The number of nitroso groups, excluding NO2 is 1. The predicted octanol–water partition coefficient (Wildman–Crippen LogP) is 4.12. The second-order valence-electron chi connectivity index (χ2n) is 6.66.